The number of nitrogens with zero attached hydrogens (tertiary/aromatic N) is 5. The molecule has 0 saturated heterocycles. The van der Waals surface area contributed by atoms with Crippen molar-refractivity contribution in [3.8, 4) is 17.1 Å². The van der Waals surface area contributed by atoms with Crippen LogP contribution in [0.2, 0.25) is 0 Å². The molecule has 0 unspecified atom stereocenters. The molecule has 0 atom stereocenters. The summed E-state index contributed by atoms with van der Waals surface area (Å²) in [5, 5.41) is 3.35. The number of fused-ring (bicyclic) bond motifs is 1. The highest BCUT2D eigenvalue weighted by Gasteiger charge is 2.09. The van der Waals surface area contributed by atoms with Gasteiger partial charge >= 0.3 is 0 Å². The molecule has 0 aliphatic carbocycles. The number of nitrogens with one attached hydrogen (secondary N) is 1. The van der Waals surface area contributed by atoms with Gasteiger partial charge in [-0.3, -0.25) is 9.39 Å². The molecule has 8 nitrogen and oxygen atoms in total. The molecule has 4 aromatic rings. The topological polar surface area (TPSA) is 103 Å². The lowest BCUT2D eigenvalue weighted by atomic mass is 10.1. The summed E-state index contributed by atoms with van der Waals surface area (Å²) in [6.45, 7) is 0.630. The Morgan fingerprint density at radius 2 is 2.00 bits per heavy atom. The van der Waals surface area contributed by atoms with Gasteiger partial charge in [-0.25, -0.2) is 15.0 Å². The van der Waals surface area contributed by atoms with Crippen molar-refractivity contribution in [1.29, 1.82) is 0 Å². The van der Waals surface area contributed by atoms with Gasteiger partial charge in [0.25, 0.3) is 0 Å². The normalized spacial score (nSPS) is 11.9. The largest absolute Gasteiger partial charge is 0.497 e. The van der Waals surface area contributed by atoms with E-state index in [-0.39, 0.29) is 0 Å². The van der Waals surface area contributed by atoms with Crippen LogP contribution in [0.15, 0.2) is 72.4 Å². The zero-order chi connectivity index (χ0) is 21.6. The van der Waals surface area contributed by atoms with Crippen LogP contribution >= 0.6 is 0 Å². The number of benzene rings is 1. The summed E-state index contributed by atoms with van der Waals surface area (Å²) in [7, 11) is 3.36. The lowest BCUT2D eigenvalue weighted by molar-refractivity contribution is 0.414. The highest BCUT2D eigenvalue weighted by molar-refractivity contribution is 6.09. The van der Waals surface area contributed by atoms with Crippen LogP contribution in [0.25, 0.3) is 22.6 Å². The Bertz CT molecular complexity index is 1240. The van der Waals surface area contributed by atoms with E-state index in [2.05, 4.69) is 37.4 Å². The van der Waals surface area contributed by atoms with Crippen LogP contribution in [0, 0.1) is 0 Å². The number of aromatic nitrogens is 4. The number of hydrogen-bond donors (Lipinski definition) is 2. The molecule has 0 spiro atoms. The van der Waals surface area contributed by atoms with Crippen molar-refractivity contribution in [2.75, 3.05) is 19.5 Å². The highest BCUT2D eigenvalue weighted by Crippen LogP contribution is 2.23. The molecular weight excluding hydrogens is 390 g/mol. The summed E-state index contributed by atoms with van der Waals surface area (Å²) >= 11 is 0. The first-order chi connectivity index (χ1) is 15.2. The summed E-state index contributed by atoms with van der Waals surface area (Å²) in [6, 6.07) is 13.8. The van der Waals surface area contributed by atoms with Gasteiger partial charge in [0.2, 0.25) is 0 Å². The van der Waals surface area contributed by atoms with Gasteiger partial charge in [0.05, 0.1) is 24.7 Å². The summed E-state index contributed by atoms with van der Waals surface area (Å²) in [5.41, 5.74) is 11.2. The molecule has 0 saturated carbocycles. The third kappa shape index (κ3) is 4.37. The highest BCUT2D eigenvalue weighted by atomic mass is 16.5. The number of aliphatic imine (C=N–C) groups is 1. The number of nitrogens with two attached hydrogens (primary N) is 1. The molecule has 0 aliphatic heterocycles. The Morgan fingerprint density at radius 3 is 2.74 bits per heavy atom. The van der Waals surface area contributed by atoms with E-state index in [4.69, 9.17) is 10.5 Å². The molecule has 0 bridgehead atoms. The van der Waals surface area contributed by atoms with Gasteiger partial charge in [-0.05, 0) is 17.2 Å². The van der Waals surface area contributed by atoms with Crippen molar-refractivity contribution in [3.63, 3.8) is 0 Å². The fourth-order valence-corrected chi connectivity index (χ4v) is 3.23. The molecule has 31 heavy (non-hydrogen) atoms. The zero-order valence-corrected chi connectivity index (χ0v) is 17.4. The molecule has 4 rings (SSSR count). The molecule has 0 radical (unpaired) electrons. The molecular formula is C23H23N7O. The predicted molar refractivity (Wildman–Crippen MR) is 123 cm³/mol. The fraction of sp³-hybridized carbons (Fsp3) is 0.130. The lowest BCUT2D eigenvalue weighted by Gasteiger charge is -2.08. The van der Waals surface area contributed by atoms with Crippen molar-refractivity contribution in [2.45, 2.75) is 6.54 Å². The minimum absolute atomic E-state index is 0.630. The Kier molecular flexibility index (Phi) is 5.89. The molecule has 1 aromatic carbocycles. The van der Waals surface area contributed by atoms with Crippen molar-refractivity contribution in [1.82, 2.24) is 19.4 Å². The molecule has 156 valence electrons. The first kappa shape index (κ1) is 20.1. The van der Waals surface area contributed by atoms with Crippen LogP contribution < -0.4 is 15.8 Å². The van der Waals surface area contributed by atoms with Crippen LogP contribution in [0.5, 0.6) is 5.75 Å². The van der Waals surface area contributed by atoms with Gasteiger partial charge in [0.1, 0.15) is 23.5 Å². The maximum Gasteiger partial charge on any atom is 0.140 e. The van der Waals surface area contributed by atoms with Crippen LogP contribution in [0.4, 0.5) is 5.82 Å². The van der Waals surface area contributed by atoms with Crippen LogP contribution in [-0.2, 0) is 6.54 Å². The van der Waals surface area contributed by atoms with E-state index in [1.54, 1.807) is 39.1 Å². The summed E-state index contributed by atoms with van der Waals surface area (Å²) < 4.78 is 7.23. The summed E-state index contributed by atoms with van der Waals surface area (Å²) in [5.74, 6) is 1.50. The first-order valence-electron chi connectivity index (χ1n) is 9.72. The third-order valence-corrected chi connectivity index (χ3v) is 4.86. The standard InChI is InChI=1S/C23H23N7O/c1-25-13-18(11-24)17-5-3-16(4-6-17)12-26-22-10-20(28-15-29-22)21-14-27-23-9-19(31-2)7-8-30(21)23/h3-11,13-15H,12,24H2,1-2H3,(H,26,28,29). The van der Waals surface area contributed by atoms with Gasteiger partial charge in [-0.1, -0.05) is 24.3 Å². The molecule has 8 heteroatoms. The fourth-order valence-electron chi connectivity index (χ4n) is 3.23. The summed E-state index contributed by atoms with van der Waals surface area (Å²) in [6.07, 6.45) is 8.55. The van der Waals surface area contributed by atoms with E-state index in [0.717, 1.165) is 45.3 Å². The second kappa shape index (κ2) is 9.08. The van der Waals surface area contributed by atoms with E-state index in [1.165, 1.54) is 0 Å². The van der Waals surface area contributed by atoms with Gasteiger partial charge in [-0.15, -0.1) is 0 Å². The zero-order valence-electron chi connectivity index (χ0n) is 17.4. The Hall–Kier alpha value is -4.20. The van der Waals surface area contributed by atoms with Gasteiger partial charge < -0.3 is 15.8 Å². The Balaban J connectivity index is 1.50. The Morgan fingerprint density at radius 1 is 1.16 bits per heavy atom. The number of anilines is 1. The van der Waals surface area contributed by atoms with Crippen molar-refractivity contribution in [3.05, 3.63) is 78.5 Å². The third-order valence-electron chi connectivity index (χ3n) is 4.86. The molecule has 3 aromatic heterocycles. The number of hydrogen-bond acceptors (Lipinski definition) is 7. The number of imidazole rings is 1. The maximum absolute atomic E-state index is 5.67. The first-order valence-corrected chi connectivity index (χ1v) is 9.72. The predicted octanol–water partition coefficient (Wildman–Crippen LogP) is 3.41. The van der Waals surface area contributed by atoms with Crippen molar-refractivity contribution in [2.24, 2.45) is 10.7 Å². The second-order valence-corrected chi connectivity index (χ2v) is 6.79. The summed E-state index contributed by atoms with van der Waals surface area (Å²) in [4.78, 5) is 17.2. The quantitative estimate of drug-likeness (QED) is 0.450. The minimum Gasteiger partial charge on any atom is -0.497 e. The van der Waals surface area contributed by atoms with E-state index < -0.39 is 0 Å². The monoisotopic (exact) mass is 413 g/mol. The van der Waals surface area contributed by atoms with Crippen LogP contribution in [0.1, 0.15) is 11.1 Å². The number of pyridine rings is 1. The molecule has 0 fully saturated rings. The smallest absolute Gasteiger partial charge is 0.140 e. The molecule has 3 heterocycles. The number of methoxy groups -OCH3 is 1. The average Bonchev–Trinajstić information content (AvgIpc) is 3.25. The number of allylic oxidation sites excluding steroid dienone is 1. The van der Waals surface area contributed by atoms with Gasteiger partial charge in [-0.2, -0.15) is 0 Å². The SMILES string of the molecule is CN=CC(=CN)c1ccc(CNc2cc(-c3cnc4cc(OC)ccn34)ncn2)cc1. The molecule has 3 N–H and O–H groups in total. The van der Waals surface area contributed by atoms with Crippen molar-refractivity contribution >= 4 is 23.3 Å². The average molecular weight is 413 g/mol. The van der Waals surface area contributed by atoms with Crippen LogP contribution in [0.3, 0.4) is 0 Å². The van der Waals surface area contributed by atoms with E-state index in [1.807, 2.05) is 40.9 Å². The van der Waals surface area contributed by atoms with Crippen LogP contribution in [-0.4, -0.2) is 39.7 Å². The molecule has 0 amide bonds. The van der Waals surface area contributed by atoms with E-state index in [0.29, 0.717) is 6.54 Å². The Labute approximate surface area is 180 Å². The van der Waals surface area contributed by atoms with Gasteiger partial charge in [0, 0.05) is 49.9 Å². The number of rotatable bonds is 7. The minimum atomic E-state index is 0.630. The van der Waals surface area contributed by atoms with Crippen molar-refractivity contribution < 1.29 is 4.74 Å². The molecule has 0 aliphatic rings. The second-order valence-electron chi connectivity index (χ2n) is 6.79. The maximum atomic E-state index is 5.67. The lowest BCUT2D eigenvalue weighted by Crippen LogP contribution is -2.03. The van der Waals surface area contributed by atoms with E-state index >= 15 is 0 Å². The van der Waals surface area contributed by atoms with Gasteiger partial charge in [0.15, 0.2) is 0 Å². The number of ether oxygens (including phenoxy) is 1. The van der Waals surface area contributed by atoms with E-state index in [9.17, 15) is 0 Å².